The molecule has 0 saturated carbocycles. The number of ether oxygens (including phenoxy) is 1. The van der Waals surface area contributed by atoms with Crippen LogP contribution in [0.5, 0.6) is 0 Å². The van der Waals surface area contributed by atoms with Crippen molar-refractivity contribution in [1.82, 2.24) is 10.2 Å². The van der Waals surface area contributed by atoms with E-state index in [2.05, 4.69) is 18.5 Å². The molecule has 0 aliphatic carbocycles. The van der Waals surface area contributed by atoms with E-state index in [4.69, 9.17) is 4.74 Å². The quantitative estimate of drug-likeness (QED) is 0.232. The number of benzene rings is 1. The Morgan fingerprint density at radius 1 is 1.18 bits per heavy atom. The Morgan fingerprint density at radius 2 is 1.94 bits per heavy atom. The highest BCUT2D eigenvalue weighted by Crippen LogP contribution is 2.22. The van der Waals surface area contributed by atoms with Gasteiger partial charge >= 0.3 is 5.97 Å². The van der Waals surface area contributed by atoms with Gasteiger partial charge in [0.05, 0.1) is 24.6 Å². The molecule has 1 saturated heterocycles. The molecule has 186 valence electrons. The number of carbonyl (C=O) groups is 3. The van der Waals surface area contributed by atoms with Crippen LogP contribution < -0.4 is 5.32 Å². The molecule has 2 N–H and O–H groups in total. The third-order valence-corrected chi connectivity index (χ3v) is 6.12. The van der Waals surface area contributed by atoms with Gasteiger partial charge in [-0.15, -0.1) is 13.2 Å². The molecule has 7 heteroatoms. The summed E-state index contributed by atoms with van der Waals surface area (Å²) in [5.74, 6) is -1.32. The molecule has 0 aromatic heterocycles. The first-order chi connectivity index (χ1) is 16.5. The molecule has 0 bridgehead atoms. The Kier molecular flexibility index (Phi) is 12.1. The number of amides is 2. The lowest BCUT2D eigenvalue weighted by atomic mass is 9.98. The number of likely N-dealkylation sites (tertiary alicyclic amines) is 1. The largest absolute Gasteiger partial charge is 0.463 e. The molecule has 0 spiro atoms. The number of aliphatic hydroxyl groups excluding tert-OH is 1. The number of carbonyl (C=O) groups excluding carboxylic acids is 3. The lowest BCUT2D eigenvalue weighted by molar-refractivity contribution is -0.145. The molecule has 7 nitrogen and oxygen atoms in total. The van der Waals surface area contributed by atoms with Gasteiger partial charge in [0.1, 0.15) is 6.61 Å². The van der Waals surface area contributed by atoms with Gasteiger partial charge < -0.3 is 20.1 Å². The minimum absolute atomic E-state index is 0.0174. The topological polar surface area (TPSA) is 95.9 Å². The lowest BCUT2D eigenvalue weighted by Crippen LogP contribution is -2.42. The molecule has 3 atom stereocenters. The highest BCUT2D eigenvalue weighted by Gasteiger charge is 2.31. The molecule has 1 aliphatic rings. The molecular weight excluding hydrogens is 432 g/mol. The van der Waals surface area contributed by atoms with Crippen LogP contribution in [0, 0.1) is 5.92 Å². The van der Waals surface area contributed by atoms with Crippen LogP contribution in [0.3, 0.4) is 0 Å². The zero-order chi connectivity index (χ0) is 24.8. The summed E-state index contributed by atoms with van der Waals surface area (Å²) in [5.41, 5.74) is 0.818. The van der Waals surface area contributed by atoms with Crippen molar-refractivity contribution in [3.63, 3.8) is 0 Å². The lowest BCUT2D eigenvalue weighted by Gasteiger charge is -2.26. The first-order valence-corrected chi connectivity index (χ1v) is 12.1. The number of rotatable bonds is 15. The van der Waals surface area contributed by atoms with Crippen LogP contribution in [-0.4, -0.2) is 53.6 Å². The summed E-state index contributed by atoms with van der Waals surface area (Å²) in [6, 6.07) is 8.63. The maximum absolute atomic E-state index is 13.2. The number of nitrogens with one attached hydrogen (secondary N) is 1. The first-order valence-electron chi connectivity index (χ1n) is 12.1. The van der Waals surface area contributed by atoms with Gasteiger partial charge in [0, 0.05) is 19.4 Å². The van der Waals surface area contributed by atoms with E-state index in [0.717, 1.165) is 37.7 Å². The van der Waals surface area contributed by atoms with Gasteiger partial charge in [0.15, 0.2) is 0 Å². The molecule has 1 aliphatic heterocycles. The van der Waals surface area contributed by atoms with Crippen LogP contribution in [0.4, 0.5) is 0 Å². The Labute approximate surface area is 202 Å². The summed E-state index contributed by atoms with van der Waals surface area (Å²) in [5, 5.41) is 12.5. The molecule has 0 unspecified atom stereocenters. The zero-order valence-electron chi connectivity index (χ0n) is 20.0. The minimum atomic E-state index is -0.592. The zero-order valence-corrected chi connectivity index (χ0v) is 20.0. The van der Waals surface area contributed by atoms with E-state index in [1.54, 1.807) is 11.0 Å². The molecule has 1 aromatic carbocycles. The van der Waals surface area contributed by atoms with Crippen molar-refractivity contribution in [3.8, 4) is 0 Å². The molecule has 1 heterocycles. The van der Waals surface area contributed by atoms with Crippen LogP contribution >= 0.6 is 0 Å². The van der Waals surface area contributed by atoms with Crippen molar-refractivity contribution in [2.24, 2.45) is 5.92 Å². The summed E-state index contributed by atoms with van der Waals surface area (Å²) in [6.45, 7) is 7.96. The summed E-state index contributed by atoms with van der Waals surface area (Å²) in [7, 11) is 0. The SMILES string of the molecule is C=CCCCCC(=O)OC[C@@H](NC(=O)[C@@H](CC=C)CC(=O)N1CCC[C@H]1CO)c1ccccc1. The van der Waals surface area contributed by atoms with E-state index >= 15 is 0 Å². The van der Waals surface area contributed by atoms with E-state index in [0.29, 0.717) is 19.4 Å². The molecular formula is C27H38N2O5. The van der Waals surface area contributed by atoms with Crippen molar-refractivity contribution in [3.05, 3.63) is 61.2 Å². The predicted molar refractivity (Wildman–Crippen MR) is 132 cm³/mol. The maximum atomic E-state index is 13.2. The van der Waals surface area contributed by atoms with E-state index < -0.39 is 12.0 Å². The fraction of sp³-hybridized carbons (Fsp3) is 0.519. The predicted octanol–water partition coefficient (Wildman–Crippen LogP) is 3.70. The minimum Gasteiger partial charge on any atom is -0.463 e. The molecule has 34 heavy (non-hydrogen) atoms. The fourth-order valence-corrected chi connectivity index (χ4v) is 4.17. The number of hydrogen-bond donors (Lipinski definition) is 2. The Morgan fingerprint density at radius 3 is 2.62 bits per heavy atom. The second-order valence-corrected chi connectivity index (χ2v) is 8.68. The number of aliphatic hydroxyl groups is 1. The van der Waals surface area contributed by atoms with Crippen LogP contribution in [0.1, 0.15) is 63.0 Å². The standard InChI is InChI=1S/C27H38N2O5/c1-3-5-6-10-16-26(32)34-20-24(21-13-8-7-9-14-21)28-27(33)22(12-4-2)18-25(31)29-17-11-15-23(29)19-30/h3-4,7-9,13-14,22-24,30H,1-2,5-6,10-12,15-20H2,(H,28,33)/t22-,23-,24+/m0/s1. The number of unbranched alkanes of at least 4 members (excludes halogenated alkanes) is 2. The normalized spacial score (nSPS) is 17.0. The average Bonchev–Trinajstić information content (AvgIpc) is 3.33. The third kappa shape index (κ3) is 8.78. The second-order valence-electron chi connectivity index (χ2n) is 8.68. The van der Waals surface area contributed by atoms with Crippen molar-refractivity contribution in [2.45, 2.75) is 63.5 Å². The van der Waals surface area contributed by atoms with Gasteiger partial charge in [-0.1, -0.05) is 42.5 Å². The van der Waals surface area contributed by atoms with Gasteiger partial charge in [-0.25, -0.2) is 0 Å². The number of hydrogen-bond acceptors (Lipinski definition) is 5. The molecule has 2 amide bonds. The Balaban J connectivity index is 2.01. The van der Waals surface area contributed by atoms with E-state index in [1.807, 2.05) is 36.4 Å². The van der Waals surface area contributed by atoms with Crippen LogP contribution in [0.25, 0.3) is 0 Å². The molecule has 1 fully saturated rings. The highest BCUT2D eigenvalue weighted by atomic mass is 16.5. The van der Waals surface area contributed by atoms with Gasteiger partial charge in [-0.2, -0.15) is 0 Å². The van der Waals surface area contributed by atoms with Crippen molar-refractivity contribution >= 4 is 17.8 Å². The van der Waals surface area contributed by atoms with Gasteiger partial charge in [0.25, 0.3) is 0 Å². The van der Waals surface area contributed by atoms with Crippen LogP contribution in [0.15, 0.2) is 55.6 Å². The van der Waals surface area contributed by atoms with E-state index in [1.165, 1.54) is 0 Å². The van der Waals surface area contributed by atoms with Crippen LogP contribution in [0.2, 0.25) is 0 Å². The fourth-order valence-electron chi connectivity index (χ4n) is 4.17. The monoisotopic (exact) mass is 470 g/mol. The summed E-state index contributed by atoms with van der Waals surface area (Å²) in [6.07, 6.45) is 8.24. The third-order valence-electron chi connectivity index (χ3n) is 6.12. The van der Waals surface area contributed by atoms with Gasteiger partial charge in [0.2, 0.25) is 11.8 Å². The van der Waals surface area contributed by atoms with Gasteiger partial charge in [-0.3, -0.25) is 14.4 Å². The molecule has 0 radical (unpaired) electrons. The smallest absolute Gasteiger partial charge is 0.305 e. The van der Waals surface area contributed by atoms with Crippen LogP contribution in [-0.2, 0) is 19.1 Å². The number of allylic oxidation sites excluding steroid dienone is 2. The second kappa shape index (κ2) is 15.1. The summed E-state index contributed by atoms with van der Waals surface area (Å²) >= 11 is 0. The van der Waals surface area contributed by atoms with Crippen molar-refractivity contribution in [2.75, 3.05) is 19.8 Å². The number of nitrogens with zero attached hydrogens (tertiary/aromatic N) is 1. The molecule has 2 rings (SSSR count). The first kappa shape index (κ1) is 27.3. The van der Waals surface area contributed by atoms with Crippen molar-refractivity contribution < 1.29 is 24.2 Å². The Bertz CT molecular complexity index is 810. The van der Waals surface area contributed by atoms with Gasteiger partial charge in [-0.05, 0) is 44.1 Å². The van der Waals surface area contributed by atoms with Crippen molar-refractivity contribution in [1.29, 1.82) is 0 Å². The summed E-state index contributed by atoms with van der Waals surface area (Å²) in [4.78, 5) is 39.9. The van der Waals surface area contributed by atoms with E-state index in [-0.39, 0.29) is 43.5 Å². The summed E-state index contributed by atoms with van der Waals surface area (Å²) < 4.78 is 5.47. The average molecular weight is 471 g/mol. The molecule has 1 aromatic rings. The Hall–Kier alpha value is -2.93. The number of esters is 1. The maximum Gasteiger partial charge on any atom is 0.305 e. The van der Waals surface area contributed by atoms with E-state index in [9.17, 15) is 19.5 Å². The highest BCUT2D eigenvalue weighted by molar-refractivity contribution is 5.86.